The van der Waals surface area contributed by atoms with Gasteiger partial charge in [-0.3, -0.25) is 4.79 Å². The molecule has 1 unspecified atom stereocenters. The molecule has 2 heterocycles. The van der Waals surface area contributed by atoms with E-state index in [4.69, 9.17) is 17.3 Å². The minimum absolute atomic E-state index is 0.138. The molecule has 1 atom stereocenters. The minimum Gasteiger partial charge on any atom is -0.383 e. The summed E-state index contributed by atoms with van der Waals surface area (Å²) in [5.41, 5.74) is 8.88. The summed E-state index contributed by atoms with van der Waals surface area (Å²) in [5, 5.41) is 4.51. The largest absolute Gasteiger partial charge is 0.383 e. The van der Waals surface area contributed by atoms with Gasteiger partial charge in [-0.15, -0.1) is 11.3 Å². The third kappa shape index (κ3) is 3.79. The number of carbonyl (C=O) groups is 1. The molecule has 3 rings (SSSR count). The van der Waals surface area contributed by atoms with Crippen LogP contribution >= 0.6 is 34.7 Å². The summed E-state index contributed by atoms with van der Waals surface area (Å²) in [7, 11) is 0. The molecule has 2 aromatic heterocycles. The van der Waals surface area contributed by atoms with Crippen molar-refractivity contribution in [2.75, 3.05) is 11.1 Å². The van der Waals surface area contributed by atoms with Crippen molar-refractivity contribution in [2.45, 2.75) is 38.1 Å². The number of rotatable bonds is 4. The van der Waals surface area contributed by atoms with Gasteiger partial charge in [-0.1, -0.05) is 29.4 Å². The van der Waals surface area contributed by atoms with Gasteiger partial charge >= 0.3 is 0 Å². The van der Waals surface area contributed by atoms with Crippen LogP contribution in [0.2, 0.25) is 5.02 Å². The highest BCUT2D eigenvalue weighted by atomic mass is 35.5. The Labute approximate surface area is 165 Å². The van der Waals surface area contributed by atoms with E-state index < -0.39 is 0 Å². The topological polar surface area (TPSA) is 80.9 Å². The number of benzene rings is 1. The van der Waals surface area contributed by atoms with Crippen LogP contribution in [0.4, 0.5) is 11.5 Å². The standard InChI is InChI=1S/C18H19ClN4OS2/c1-8-5-6-12(19)7-13(8)21-16(24)11(4)26-18-22-15(20)14-9(2)10(3)25-17(14)23-18/h5-7,11H,1-4H3,(H,21,24)(H2,20,22,23). The minimum atomic E-state index is -0.382. The predicted octanol–water partition coefficient (Wildman–Crippen LogP) is 4.97. The quantitative estimate of drug-likeness (QED) is 0.472. The number of anilines is 2. The van der Waals surface area contributed by atoms with E-state index in [9.17, 15) is 4.79 Å². The molecule has 0 saturated carbocycles. The van der Waals surface area contributed by atoms with E-state index in [1.54, 1.807) is 23.5 Å². The molecule has 0 radical (unpaired) electrons. The maximum absolute atomic E-state index is 12.5. The van der Waals surface area contributed by atoms with E-state index in [0.717, 1.165) is 21.3 Å². The number of carbonyl (C=O) groups excluding carboxylic acids is 1. The van der Waals surface area contributed by atoms with Crippen molar-refractivity contribution in [3.8, 4) is 0 Å². The lowest BCUT2D eigenvalue weighted by molar-refractivity contribution is -0.115. The molecule has 136 valence electrons. The fraction of sp³-hybridized carbons (Fsp3) is 0.278. The van der Waals surface area contributed by atoms with Gasteiger partial charge < -0.3 is 11.1 Å². The van der Waals surface area contributed by atoms with E-state index in [-0.39, 0.29) is 11.2 Å². The molecular formula is C18H19ClN4OS2. The number of thiophene rings is 1. The second-order valence-electron chi connectivity index (χ2n) is 6.06. The highest BCUT2D eigenvalue weighted by Gasteiger charge is 2.19. The molecule has 0 fully saturated rings. The number of aryl methyl sites for hydroxylation is 3. The molecule has 26 heavy (non-hydrogen) atoms. The van der Waals surface area contributed by atoms with Gasteiger partial charge in [-0.2, -0.15) is 0 Å². The van der Waals surface area contributed by atoms with E-state index in [1.807, 2.05) is 33.8 Å². The van der Waals surface area contributed by atoms with Crippen LogP contribution in [0.25, 0.3) is 10.2 Å². The van der Waals surface area contributed by atoms with Crippen LogP contribution in [0.5, 0.6) is 0 Å². The number of nitrogens with zero attached hydrogens (tertiary/aromatic N) is 2. The van der Waals surface area contributed by atoms with Crippen molar-refractivity contribution in [1.29, 1.82) is 0 Å². The van der Waals surface area contributed by atoms with Crippen LogP contribution in [0, 0.1) is 20.8 Å². The summed E-state index contributed by atoms with van der Waals surface area (Å²) < 4.78 is 0. The summed E-state index contributed by atoms with van der Waals surface area (Å²) >= 11 is 8.88. The van der Waals surface area contributed by atoms with Gasteiger partial charge in [0.25, 0.3) is 0 Å². The normalized spacial score (nSPS) is 12.3. The Kier molecular flexibility index (Phi) is 5.41. The van der Waals surface area contributed by atoms with E-state index in [1.165, 1.54) is 16.6 Å². The van der Waals surface area contributed by atoms with Gasteiger partial charge in [0, 0.05) is 15.6 Å². The molecule has 3 aromatic rings. The summed E-state index contributed by atoms with van der Waals surface area (Å²) in [4.78, 5) is 23.5. The fourth-order valence-corrected chi connectivity index (χ4v) is 4.53. The number of halogens is 1. The molecule has 1 amide bonds. The number of aromatic nitrogens is 2. The van der Waals surface area contributed by atoms with Crippen molar-refractivity contribution in [3.05, 3.63) is 39.2 Å². The first-order valence-electron chi connectivity index (χ1n) is 8.03. The lowest BCUT2D eigenvalue weighted by Gasteiger charge is -2.13. The Morgan fingerprint density at radius 1 is 1.31 bits per heavy atom. The molecule has 0 spiro atoms. The zero-order chi connectivity index (χ0) is 19.0. The molecule has 0 bridgehead atoms. The first-order chi connectivity index (χ1) is 12.3. The van der Waals surface area contributed by atoms with Crippen LogP contribution in [-0.4, -0.2) is 21.1 Å². The summed E-state index contributed by atoms with van der Waals surface area (Å²) in [5.74, 6) is 0.318. The Morgan fingerprint density at radius 2 is 2.04 bits per heavy atom. The van der Waals surface area contributed by atoms with E-state index in [0.29, 0.717) is 21.7 Å². The van der Waals surface area contributed by atoms with Gasteiger partial charge in [0.15, 0.2) is 5.16 Å². The Morgan fingerprint density at radius 3 is 2.77 bits per heavy atom. The first kappa shape index (κ1) is 18.9. The predicted molar refractivity (Wildman–Crippen MR) is 111 cm³/mol. The summed E-state index contributed by atoms with van der Waals surface area (Å²) in [6.45, 7) is 7.79. The van der Waals surface area contributed by atoms with Crippen LogP contribution < -0.4 is 11.1 Å². The number of fused-ring (bicyclic) bond motifs is 1. The number of nitrogens with one attached hydrogen (secondary N) is 1. The Bertz CT molecular complexity index is 1000. The zero-order valence-electron chi connectivity index (χ0n) is 14.9. The van der Waals surface area contributed by atoms with Gasteiger partial charge in [0.1, 0.15) is 10.6 Å². The maximum Gasteiger partial charge on any atom is 0.237 e. The van der Waals surface area contributed by atoms with Gasteiger partial charge in [-0.05, 0) is 51.0 Å². The molecular weight excluding hydrogens is 388 g/mol. The van der Waals surface area contributed by atoms with Crippen molar-refractivity contribution in [1.82, 2.24) is 9.97 Å². The third-order valence-corrected chi connectivity index (χ3v) is 6.44. The van der Waals surface area contributed by atoms with Crippen LogP contribution in [0.1, 0.15) is 22.9 Å². The molecule has 3 N–H and O–H groups in total. The maximum atomic E-state index is 12.5. The van der Waals surface area contributed by atoms with Crippen LogP contribution in [0.15, 0.2) is 23.4 Å². The van der Waals surface area contributed by atoms with E-state index in [2.05, 4.69) is 15.3 Å². The second-order valence-corrected chi connectivity index (χ2v) is 9.01. The summed E-state index contributed by atoms with van der Waals surface area (Å²) in [6, 6.07) is 5.40. The summed E-state index contributed by atoms with van der Waals surface area (Å²) in [6.07, 6.45) is 0. The smallest absolute Gasteiger partial charge is 0.237 e. The Hall–Kier alpha value is -1.83. The number of nitrogens with two attached hydrogens (primary N) is 1. The number of amides is 1. The second kappa shape index (κ2) is 7.42. The molecule has 5 nitrogen and oxygen atoms in total. The molecule has 0 aliphatic rings. The van der Waals surface area contributed by atoms with E-state index >= 15 is 0 Å². The van der Waals surface area contributed by atoms with Crippen LogP contribution in [-0.2, 0) is 4.79 Å². The van der Waals surface area contributed by atoms with Crippen molar-refractivity contribution < 1.29 is 4.79 Å². The third-order valence-electron chi connectivity index (χ3n) is 4.15. The molecule has 8 heteroatoms. The lowest BCUT2D eigenvalue weighted by Crippen LogP contribution is -2.23. The highest BCUT2D eigenvalue weighted by Crippen LogP contribution is 2.34. The van der Waals surface area contributed by atoms with Crippen molar-refractivity contribution in [2.24, 2.45) is 0 Å². The SMILES string of the molecule is Cc1ccc(Cl)cc1NC(=O)C(C)Sc1nc(N)c2c(C)c(C)sc2n1. The fourth-order valence-electron chi connectivity index (χ4n) is 2.49. The monoisotopic (exact) mass is 406 g/mol. The molecule has 1 aromatic carbocycles. The van der Waals surface area contributed by atoms with Crippen LogP contribution in [0.3, 0.4) is 0 Å². The number of hydrogen-bond acceptors (Lipinski definition) is 6. The number of thioether (sulfide) groups is 1. The Balaban J connectivity index is 1.79. The average Bonchev–Trinajstić information content (AvgIpc) is 2.85. The van der Waals surface area contributed by atoms with Crippen molar-refractivity contribution in [3.63, 3.8) is 0 Å². The van der Waals surface area contributed by atoms with Gasteiger partial charge in [0.05, 0.1) is 10.6 Å². The average molecular weight is 407 g/mol. The highest BCUT2D eigenvalue weighted by molar-refractivity contribution is 8.00. The zero-order valence-corrected chi connectivity index (χ0v) is 17.3. The molecule has 0 saturated heterocycles. The number of nitrogen functional groups attached to an aromatic ring is 1. The first-order valence-corrected chi connectivity index (χ1v) is 10.1. The van der Waals surface area contributed by atoms with Gasteiger partial charge in [0.2, 0.25) is 5.91 Å². The lowest BCUT2D eigenvalue weighted by atomic mass is 10.2. The van der Waals surface area contributed by atoms with Crippen molar-refractivity contribution >= 4 is 62.3 Å². The molecule has 0 aliphatic carbocycles. The molecule has 0 aliphatic heterocycles. The van der Waals surface area contributed by atoms with Gasteiger partial charge in [-0.25, -0.2) is 9.97 Å². The number of hydrogen-bond donors (Lipinski definition) is 2.